The van der Waals surface area contributed by atoms with Crippen molar-refractivity contribution in [2.24, 2.45) is 0 Å². The number of nitrogen functional groups attached to an aromatic ring is 1. The lowest BCUT2D eigenvalue weighted by Gasteiger charge is -2.16. The monoisotopic (exact) mass is 308 g/mol. The molecule has 1 aromatic heterocycles. The fourth-order valence-electron chi connectivity index (χ4n) is 1.68. The molecule has 2 N–H and O–H groups in total. The van der Waals surface area contributed by atoms with Crippen molar-refractivity contribution in [1.82, 2.24) is 4.90 Å². The number of nitrogens with zero attached hydrogens (tertiary/aromatic N) is 1. The number of benzene rings is 1. The summed E-state index contributed by atoms with van der Waals surface area (Å²) in [6.07, 6.45) is 3.21. The Labute approximate surface area is 114 Å². The van der Waals surface area contributed by atoms with Crippen molar-refractivity contribution in [3.05, 3.63) is 52.4 Å². The molecule has 5 heteroatoms. The standard InChI is InChI=1S/C13H13BrN2O2/c1-16(7-9-2-3-18-8-9)13(17)10-4-11(14)6-12(15)5-10/h2-6,8H,7,15H2,1H3. The Bertz CT molecular complexity index is 532. The van der Waals surface area contributed by atoms with Crippen LogP contribution in [0.5, 0.6) is 0 Å². The second-order valence-electron chi connectivity index (χ2n) is 4.07. The summed E-state index contributed by atoms with van der Waals surface area (Å²) in [6, 6.07) is 7.01. The Morgan fingerprint density at radius 1 is 1.44 bits per heavy atom. The first-order valence-corrected chi connectivity index (χ1v) is 6.18. The molecule has 0 aliphatic carbocycles. The number of hydrogen-bond acceptors (Lipinski definition) is 3. The highest BCUT2D eigenvalue weighted by Gasteiger charge is 2.13. The summed E-state index contributed by atoms with van der Waals surface area (Å²) in [7, 11) is 1.74. The van der Waals surface area contributed by atoms with Gasteiger partial charge in [-0.3, -0.25) is 4.79 Å². The zero-order chi connectivity index (χ0) is 13.1. The van der Waals surface area contributed by atoms with E-state index in [1.807, 2.05) is 6.07 Å². The van der Waals surface area contributed by atoms with Gasteiger partial charge in [-0.15, -0.1) is 0 Å². The molecule has 1 amide bonds. The highest BCUT2D eigenvalue weighted by atomic mass is 79.9. The Morgan fingerprint density at radius 3 is 2.83 bits per heavy atom. The molecular formula is C13H13BrN2O2. The van der Waals surface area contributed by atoms with E-state index in [2.05, 4.69) is 15.9 Å². The Kier molecular flexibility index (Phi) is 3.72. The van der Waals surface area contributed by atoms with E-state index in [4.69, 9.17) is 10.2 Å². The lowest BCUT2D eigenvalue weighted by atomic mass is 10.1. The number of nitrogens with two attached hydrogens (primary N) is 1. The van der Waals surface area contributed by atoms with E-state index >= 15 is 0 Å². The zero-order valence-corrected chi connectivity index (χ0v) is 11.5. The number of hydrogen-bond donors (Lipinski definition) is 1. The van der Waals surface area contributed by atoms with Crippen LogP contribution < -0.4 is 5.73 Å². The second kappa shape index (κ2) is 5.27. The summed E-state index contributed by atoms with van der Waals surface area (Å²) < 4.78 is 5.77. The molecule has 94 valence electrons. The van der Waals surface area contributed by atoms with Crippen molar-refractivity contribution in [2.45, 2.75) is 6.54 Å². The highest BCUT2D eigenvalue weighted by molar-refractivity contribution is 9.10. The quantitative estimate of drug-likeness (QED) is 0.887. The van der Waals surface area contributed by atoms with Gasteiger partial charge in [0.25, 0.3) is 5.91 Å². The predicted molar refractivity (Wildman–Crippen MR) is 73.1 cm³/mol. The van der Waals surface area contributed by atoms with E-state index in [1.165, 1.54) is 0 Å². The summed E-state index contributed by atoms with van der Waals surface area (Å²) >= 11 is 3.33. The summed E-state index contributed by atoms with van der Waals surface area (Å²) in [5.41, 5.74) is 7.79. The minimum Gasteiger partial charge on any atom is -0.472 e. The average Bonchev–Trinajstić information content (AvgIpc) is 2.79. The predicted octanol–water partition coefficient (Wildman–Crippen LogP) is 2.90. The molecule has 0 aliphatic heterocycles. The lowest BCUT2D eigenvalue weighted by Crippen LogP contribution is -2.26. The van der Waals surface area contributed by atoms with E-state index in [1.54, 1.807) is 42.7 Å². The van der Waals surface area contributed by atoms with Crippen LogP contribution in [0.25, 0.3) is 0 Å². The van der Waals surface area contributed by atoms with Gasteiger partial charge in [-0.1, -0.05) is 15.9 Å². The molecule has 1 aromatic carbocycles. The van der Waals surface area contributed by atoms with Crippen LogP contribution in [0.2, 0.25) is 0 Å². The van der Waals surface area contributed by atoms with Crippen LogP contribution >= 0.6 is 15.9 Å². The van der Waals surface area contributed by atoms with Gasteiger partial charge in [0.15, 0.2) is 0 Å². The molecule has 18 heavy (non-hydrogen) atoms. The van der Waals surface area contributed by atoms with Gasteiger partial charge >= 0.3 is 0 Å². The first kappa shape index (κ1) is 12.7. The molecule has 0 atom stereocenters. The smallest absolute Gasteiger partial charge is 0.254 e. The molecule has 2 aromatic rings. The van der Waals surface area contributed by atoms with Crippen molar-refractivity contribution in [3.63, 3.8) is 0 Å². The maximum absolute atomic E-state index is 12.2. The third-order valence-corrected chi connectivity index (χ3v) is 2.97. The Morgan fingerprint density at radius 2 is 2.22 bits per heavy atom. The average molecular weight is 309 g/mol. The summed E-state index contributed by atoms with van der Waals surface area (Å²) in [5.74, 6) is -0.0794. The van der Waals surface area contributed by atoms with Crippen molar-refractivity contribution in [1.29, 1.82) is 0 Å². The van der Waals surface area contributed by atoms with Gasteiger partial charge < -0.3 is 15.1 Å². The minimum absolute atomic E-state index is 0.0794. The van der Waals surface area contributed by atoms with Crippen LogP contribution in [0.3, 0.4) is 0 Å². The van der Waals surface area contributed by atoms with Crippen LogP contribution in [-0.2, 0) is 6.54 Å². The molecule has 4 nitrogen and oxygen atoms in total. The summed E-state index contributed by atoms with van der Waals surface area (Å²) in [6.45, 7) is 0.502. The number of carbonyl (C=O) groups excluding carboxylic acids is 1. The third kappa shape index (κ3) is 2.92. The minimum atomic E-state index is -0.0794. The molecule has 0 unspecified atom stereocenters. The number of anilines is 1. The zero-order valence-electron chi connectivity index (χ0n) is 9.89. The fraction of sp³-hybridized carbons (Fsp3) is 0.154. The first-order chi connectivity index (χ1) is 8.56. The lowest BCUT2D eigenvalue weighted by molar-refractivity contribution is 0.0785. The van der Waals surface area contributed by atoms with Gasteiger partial charge in [-0.2, -0.15) is 0 Å². The molecule has 2 rings (SSSR count). The van der Waals surface area contributed by atoms with Crippen LogP contribution in [-0.4, -0.2) is 17.9 Å². The number of rotatable bonds is 3. The van der Waals surface area contributed by atoms with E-state index in [0.29, 0.717) is 17.8 Å². The van der Waals surface area contributed by atoms with Gasteiger partial charge in [0, 0.05) is 34.9 Å². The second-order valence-corrected chi connectivity index (χ2v) is 4.98. The van der Waals surface area contributed by atoms with E-state index in [-0.39, 0.29) is 5.91 Å². The maximum Gasteiger partial charge on any atom is 0.254 e. The number of amides is 1. The number of halogens is 1. The van der Waals surface area contributed by atoms with E-state index < -0.39 is 0 Å². The molecule has 0 saturated heterocycles. The first-order valence-electron chi connectivity index (χ1n) is 5.39. The summed E-state index contributed by atoms with van der Waals surface area (Å²) in [5, 5.41) is 0. The highest BCUT2D eigenvalue weighted by Crippen LogP contribution is 2.19. The molecule has 0 radical (unpaired) electrons. The normalized spacial score (nSPS) is 10.3. The maximum atomic E-state index is 12.2. The molecule has 1 heterocycles. The molecule has 0 spiro atoms. The Balaban J connectivity index is 2.15. The molecule has 0 bridgehead atoms. The Hall–Kier alpha value is -1.75. The van der Waals surface area contributed by atoms with Gasteiger partial charge in [-0.25, -0.2) is 0 Å². The molecule has 0 fully saturated rings. The van der Waals surface area contributed by atoms with Crippen LogP contribution in [0, 0.1) is 0 Å². The van der Waals surface area contributed by atoms with Crippen molar-refractivity contribution in [3.8, 4) is 0 Å². The fourth-order valence-corrected chi connectivity index (χ4v) is 2.20. The van der Waals surface area contributed by atoms with Crippen LogP contribution in [0.15, 0.2) is 45.7 Å². The van der Waals surface area contributed by atoms with Gasteiger partial charge in [0.1, 0.15) is 0 Å². The van der Waals surface area contributed by atoms with Crippen molar-refractivity contribution < 1.29 is 9.21 Å². The van der Waals surface area contributed by atoms with Gasteiger partial charge in [-0.05, 0) is 24.3 Å². The van der Waals surface area contributed by atoms with Gasteiger partial charge in [0.2, 0.25) is 0 Å². The molecule has 0 aliphatic rings. The number of furan rings is 1. The van der Waals surface area contributed by atoms with E-state index in [0.717, 1.165) is 10.0 Å². The van der Waals surface area contributed by atoms with Gasteiger partial charge in [0.05, 0.1) is 12.5 Å². The van der Waals surface area contributed by atoms with E-state index in [9.17, 15) is 4.79 Å². The third-order valence-electron chi connectivity index (χ3n) is 2.51. The topological polar surface area (TPSA) is 59.5 Å². The molecular weight excluding hydrogens is 296 g/mol. The summed E-state index contributed by atoms with van der Waals surface area (Å²) in [4.78, 5) is 13.8. The van der Waals surface area contributed by atoms with Crippen LogP contribution in [0.4, 0.5) is 5.69 Å². The molecule has 0 saturated carbocycles. The number of carbonyl (C=O) groups is 1. The SMILES string of the molecule is CN(Cc1ccoc1)C(=O)c1cc(N)cc(Br)c1. The largest absolute Gasteiger partial charge is 0.472 e. The van der Waals surface area contributed by atoms with Crippen molar-refractivity contribution >= 4 is 27.5 Å². The van der Waals surface area contributed by atoms with Crippen LogP contribution in [0.1, 0.15) is 15.9 Å². The van der Waals surface area contributed by atoms with Crippen molar-refractivity contribution in [2.75, 3.05) is 12.8 Å².